The van der Waals surface area contributed by atoms with Crippen LogP contribution in [0.5, 0.6) is 11.5 Å². The monoisotopic (exact) mass is 489 g/mol. The fraction of sp³-hybridized carbons (Fsp3) is 0.345. The van der Waals surface area contributed by atoms with Crippen LogP contribution in [-0.4, -0.2) is 35.4 Å². The van der Waals surface area contributed by atoms with Crippen molar-refractivity contribution < 1.29 is 13.9 Å². The van der Waals surface area contributed by atoms with Gasteiger partial charge in [0.05, 0.1) is 37.0 Å². The number of ether oxygens (including phenoxy) is 2. The number of anilines is 1. The molecule has 0 spiro atoms. The highest BCUT2D eigenvalue weighted by molar-refractivity contribution is 5.83. The predicted molar refractivity (Wildman–Crippen MR) is 141 cm³/mol. The van der Waals surface area contributed by atoms with E-state index in [-0.39, 0.29) is 23.7 Å². The molecule has 188 valence electrons. The van der Waals surface area contributed by atoms with E-state index in [1.807, 2.05) is 73.9 Å². The van der Waals surface area contributed by atoms with Gasteiger partial charge in [-0.2, -0.15) is 0 Å². The average Bonchev–Trinajstić information content (AvgIpc) is 3.42. The van der Waals surface area contributed by atoms with Crippen LogP contribution < -0.4 is 20.1 Å². The minimum Gasteiger partial charge on any atom is -0.494 e. The third-order valence-electron chi connectivity index (χ3n) is 6.86. The quantitative estimate of drug-likeness (QED) is 0.342. The second-order valence-corrected chi connectivity index (χ2v) is 9.63. The average molecular weight is 490 g/mol. The number of nitrogens with zero attached hydrogens (tertiary/aromatic N) is 3. The molecular formula is C29H32FN3O3. The van der Waals surface area contributed by atoms with E-state index in [2.05, 4.69) is 4.90 Å². The second-order valence-electron chi connectivity index (χ2n) is 9.63. The largest absolute Gasteiger partial charge is 0.494 e. The summed E-state index contributed by atoms with van der Waals surface area (Å²) in [6.07, 6.45) is 0.766. The summed E-state index contributed by atoms with van der Waals surface area (Å²) < 4.78 is 30.0. The van der Waals surface area contributed by atoms with E-state index >= 15 is 0 Å². The maximum atomic E-state index is 14.7. The molecule has 36 heavy (non-hydrogen) atoms. The maximum absolute atomic E-state index is 14.7. The van der Waals surface area contributed by atoms with Crippen LogP contribution >= 0.6 is 0 Å². The molecule has 0 N–H and O–H groups in total. The zero-order valence-corrected chi connectivity index (χ0v) is 21.2. The molecule has 0 saturated carbocycles. The standard InChI is InChI=1S/C29H32FN3O3/c1-19(2)36-25-13-6-5-10-21(25)17-32-28-24(12-8-14-26(28)35-4)33(29(32)34)22-15-16-31(18-22)27-20(3)9-7-11-23(27)30/h5-14,19,22H,15-18H2,1-4H3. The minimum absolute atomic E-state index is 0.0186. The fourth-order valence-electron chi connectivity index (χ4n) is 5.32. The Bertz CT molecular complexity index is 1440. The first-order chi connectivity index (χ1) is 17.4. The molecule has 0 aliphatic carbocycles. The van der Waals surface area contributed by atoms with Crippen molar-refractivity contribution in [2.24, 2.45) is 0 Å². The zero-order chi connectivity index (χ0) is 25.4. The van der Waals surface area contributed by atoms with E-state index in [0.717, 1.165) is 34.3 Å². The van der Waals surface area contributed by atoms with Crippen molar-refractivity contribution >= 4 is 16.7 Å². The first-order valence-electron chi connectivity index (χ1n) is 12.4. The number of hydrogen-bond acceptors (Lipinski definition) is 4. The Balaban J connectivity index is 1.59. The summed E-state index contributed by atoms with van der Waals surface area (Å²) in [6, 6.07) is 18.6. The third kappa shape index (κ3) is 4.23. The molecule has 6 nitrogen and oxygen atoms in total. The van der Waals surface area contributed by atoms with Gasteiger partial charge in [-0.25, -0.2) is 9.18 Å². The predicted octanol–water partition coefficient (Wildman–Crippen LogP) is 5.55. The van der Waals surface area contributed by atoms with Crippen molar-refractivity contribution in [1.82, 2.24) is 9.13 Å². The van der Waals surface area contributed by atoms with Crippen LogP contribution in [0.2, 0.25) is 0 Å². The van der Waals surface area contributed by atoms with Crippen LogP contribution in [0.3, 0.4) is 0 Å². The first kappa shape index (κ1) is 24.0. The topological polar surface area (TPSA) is 48.6 Å². The number of fused-ring (bicyclic) bond motifs is 1. The molecule has 1 saturated heterocycles. The van der Waals surface area contributed by atoms with Crippen molar-refractivity contribution in [2.45, 2.75) is 45.9 Å². The molecule has 0 amide bonds. The molecule has 0 radical (unpaired) electrons. The Morgan fingerprint density at radius 2 is 1.78 bits per heavy atom. The number of methoxy groups -OCH3 is 1. The summed E-state index contributed by atoms with van der Waals surface area (Å²) in [6.45, 7) is 7.49. The Morgan fingerprint density at radius 1 is 1.03 bits per heavy atom. The Labute approximate surface area is 210 Å². The van der Waals surface area contributed by atoms with E-state index in [9.17, 15) is 9.18 Å². The molecule has 1 atom stereocenters. The van der Waals surface area contributed by atoms with Crippen molar-refractivity contribution in [3.8, 4) is 11.5 Å². The molecule has 1 aliphatic heterocycles. The highest BCUT2D eigenvalue weighted by Gasteiger charge is 2.31. The molecule has 4 aromatic rings. The van der Waals surface area contributed by atoms with Crippen LogP contribution in [0.25, 0.3) is 11.0 Å². The lowest BCUT2D eigenvalue weighted by atomic mass is 10.2. The van der Waals surface area contributed by atoms with Gasteiger partial charge in [0.15, 0.2) is 0 Å². The van der Waals surface area contributed by atoms with Gasteiger partial charge >= 0.3 is 5.69 Å². The number of rotatable bonds is 7. The van der Waals surface area contributed by atoms with Crippen LogP contribution in [0.4, 0.5) is 10.1 Å². The maximum Gasteiger partial charge on any atom is 0.329 e. The van der Waals surface area contributed by atoms with Gasteiger partial charge in [-0.3, -0.25) is 9.13 Å². The molecule has 0 bridgehead atoms. The van der Waals surface area contributed by atoms with Crippen LogP contribution in [0.15, 0.2) is 65.5 Å². The van der Waals surface area contributed by atoms with Gasteiger partial charge in [0.25, 0.3) is 0 Å². The summed E-state index contributed by atoms with van der Waals surface area (Å²) in [5.41, 5.74) is 3.91. The van der Waals surface area contributed by atoms with E-state index in [0.29, 0.717) is 31.1 Å². The molecule has 7 heteroatoms. The number of imidazole rings is 1. The normalized spacial score (nSPS) is 15.7. The summed E-state index contributed by atoms with van der Waals surface area (Å²) in [7, 11) is 1.62. The van der Waals surface area contributed by atoms with E-state index < -0.39 is 0 Å². The molecule has 1 aliphatic rings. The Hall–Kier alpha value is -3.74. The molecular weight excluding hydrogens is 457 g/mol. The molecule has 5 rings (SSSR count). The lowest BCUT2D eigenvalue weighted by Gasteiger charge is -2.21. The molecule has 1 fully saturated rings. The van der Waals surface area contributed by atoms with Crippen LogP contribution in [0.1, 0.15) is 37.4 Å². The first-order valence-corrected chi connectivity index (χ1v) is 12.4. The number of benzene rings is 3. The van der Waals surface area contributed by atoms with Gasteiger partial charge in [0.1, 0.15) is 22.8 Å². The zero-order valence-electron chi connectivity index (χ0n) is 21.2. The minimum atomic E-state index is -0.228. The van der Waals surface area contributed by atoms with Crippen molar-refractivity contribution in [1.29, 1.82) is 0 Å². The van der Waals surface area contributed by atoms with Crippen molar-refractivity contribution in [3.63, 3.8) is 0 Å². The second kappa shape index (κ2) is 9.72. The number of para-hydroxylation sites is 3. The van der Waals surface area contributed by atoms with Gasteiger partial charge < -0.3 is 14.4 Å². The third-order valence-corrected chi connectivity index (χ3v) is 6.86. The SMILES string of the molecule is COc1cccc2c1n(Cc1ccccc1OC(C)C)c(=O)n2C1CCN(c2c(C)cccc2F)C1. The molecule has 2 heterocycles. The van der Waals surface area contributed by atoms with Crippen molar-refractivity contribution in [3.05, 3.63) is 88.1 Å². The summed E-state index contributed by atoms with van der Waals surface area (Å²) in [5, 5.41) is 0. The lowest BCUT2D eigenvalue weighted by molar-refractivity contribution is 0.239. The Morgan fingerprint density at radius 3 is 2.53 bits per heavy atom. The molecule has 1 aromatic heterocycles. The van der Waals surface area contributed by atoms with Crippen LogP contribution in [0, 0.1) is 12.7 Å². The number of aryl methyl sites for hydroxylation is 1. The van der Waals surface area contributed by atoms with E-state index in [4.69, 9.17) is 9.47 Å². The smallest absolute Gasteiger partial charge is 0.329 e. The van der Waals surface area contributed by atoms with Gasteiger partial charge in [-0.1, -0.05) is 36.4 Å². The van der Waals surface area contributed by atoms with Gasteiger partial charge in [-0.15, -0.1) is 0 Å². The van der Waals surface area contributed by atoms with Gasteiger partial charge in [0, 0.05) is 18.7 Å². The van der Waals surface area contributed by atoms with Gasteiger partial charge in [-0.05, 0) is 57.0 Å². The van der Waals surface area contributed by atoms with Crippen molar-refractivity contribution in [2.75, 3.05) is 25.1 Å². The highest BCUT2D eigenvalue weighted by atomic mass is 19.1. The summed E-state index contributed by atoms with van der Waals surface area (Å²) in [5.74, 6) is 1.18. The molecule has 1 unspecified atom stereocenters. The fourth-order valence-corrected chi connectivity index (χ4v) is 5.32. The van der Waals surface area contributed by atoms with Gasteiger partial charge in [0.2, 0.25) is 0 Å². The lowest BCUT2D eigenvalue weighted by Crippen LogP contribution is -2.30. The van der Waals surface area contributed by atoms with Crippen LogP contribution in [-0.2, 0) is 6.54 Å². The Kier molecular flexibility index (Phi) is 6.48. The van der Waals surface area contributed by atoms with E-state index in [1.165, 1.54) is 6.07 Å². The highest BCUT2D eigenvalue weighted by Crippen LogP contribution is 2.34. The number of aromatic nitrogens is 2. The summed E-state index contributed by atoms with van der Waals surface area (Å²) in [4.78, 5) is 16.0. The number of halogens is 1. The summed E-state index contributed by atoms with van der Waals surface area (Å²) >= 11 is 0. The number of hydrogen-bond donors (Lipinski definition) is 0. The molecule has 3 aromatic carbocycles. The van der Waals surface area contributed by atoms with E-state index in [1.54, 1.807) is 17.7 Å².